The highest BCUT2D eigenvalue weighted by molar-refractivity contribution is 5.95. The molecule has 0 spiro atoms. The topological polar surface area (TPSA) is 60.5 Å². The molecular weight excluding hydrogens is 348 g/mol. The van der Waals surface area contributed by atoms with E-state index in [4.69, 9.17) is 18.9 Å². The lowest BCUT2D eigenvalue weighted by Gasteiger charge is -2.36. The molecule has 1 amide bonds. The summed E-state index contributed by atoms with van der Waals surface area (Å²) in [6.45, 7) is 2.96. The lowest BCUT2D eigenvalue weighted by atomic mass is 10.1. The predicted molar refractivity (Wildman–Crippen MR) is 100 cm³/mol. The largest absolute Gasteiger partial charge is 0.497 e. The number of anilines is 1. The number of carbonyl (C=O) groups excluding carboxylic acids is 1. The summed E-state index contributed by atoms with van der Waals surface area (Å²) < 4.78 is 21.4. The molecule has 142 valence electrons. The number of hydrogen-bond donors (Lipinski definition) is 0. The van der Waals surface area contributed by atoms with Crippen molar-refractivity contribution in [2.24, 2.45) is 0 Å². The maximum atomic E-state index is 12.8. The van der Waals surface area contributed by atoms with Crippen molar-refractivity contribution < 1.29 is 23.7 Å². The first-order chi connectivity index (χ1) is 13.2. The quantitative estimate of drug-likeness (QED) is 0.824. The SMILES string of the molecule is COc1ccc(N2CCN(C(=O)c3ccc4c(c3)OCO4)CC2)c(OC)c1. The van der Waals surface area contributed by atoms with Gasteiger partial charge in [-0.2, -0.15) is 0 Å². The van der Waals surface area contributed by atoms with Crippen LogP contribution in [0.15, 0.2) is 36.4 Å². The molecule has 2 heterocycles. The molecule has 0 radical (unpaired) electrons. The van der Waals surface area contributed by atoms with Crippen LogP contribution in [0, 0.1) is 0 Å². The Morgan fingerprint density at radius 2 is 1.70 bits per heavy atom. The van der Waals surface area contributed by atoms with Gasteiger partial charge in [-0.15, -0.1) is 0 Å². The zero-order chi connectivity index (χ0) is 18.8. The second-order valence-corrected chi connectivity index (χ2v) is 6.39. The van der Waals surface area contributed by atoms with Gasteiger partial charge in [0.1, 0.15) is 11.5 Å². The van der Waals surface area contributed by atoms with Gasteiger partial charge >= 0.3 is 0 Å². The molecule has 1 saturated heterocycles. The Balaban J connectivity index is 1.44. The number of amides is 1. The summed E-state index contributed by atoms with van der Waals surface area (Å²) in [4.78, 5) is 16.9. The van der Waals surface area contributed by atoms with Gasteiger partial charge in [-0.3, -0.25) is 4.79 Å². The van der Waals surface area contributed by atoms with Crippen LogP contribution in [0.5, 0.6) is 23.0 Å². The molecule has 0 aromatic heterocycles. The van der Waals surface area contributed by atoms with Crippen LogP contribution in [0.1, 0.15) is 10.4 Å². The van der Waals surface area contributed by atoms with E-state index in [1.165, 1.54) is 0 Å². The van der Waals surface area contributed by atoms with Crippen LogP contribution in [0.25, 0.3) is 0 Å². The highest BCUT2D eigenvalue weighted by atomic mass is 16.7. The zero-order valence-corrected chi connectivity index (χ0v) is 15.4. The smallest absolute Gasteiger partial charge is 0.254 e. The molecule has 0 aliphatic carbocycles. The Hall–Kier alpha value is -3.09. The number of carbonyl (C=O) groups is 1. The first-order valence-electron chi connectivity index (χ1n) is 8.85. The van der Waals surface area contributed by atoms with Gasteiger partial charge in [0.05, 0.1) is 19.9 Å². The van der Waals surface area contributed by atoms with E-state index in [-0.39, 0.29) is 12.7 Å². The predicted octanol–water partition coefficient (Wildman–Crippen LogP) is 2.39. The van der Waals surface area contributed by atoms with Gasteiger partial charge in [-0.05, 0) is 30.3 Å². The Bertz CT molecular complexity index is 846. The van der Waals surface area contributed by atoms with Gasteiger partial charge < -0.3 is 28.7 Å². The van der Waals surface area contributed by atoms with Gasteiger partial charge in [0.15, 0.2) is 11.5 Å². The molecule has 0 N–H and O–H groups in total. The molecule has 1 fully saturated rings. The van der Waals surface area contributed by atoms with Gasteiger partial charge in [-0.1, -0.05) is 0 Å². The summed E-state index contributed by atoms with van der Waals surface area (Å²) in [5, 5.41) is 0. The van der Waals surface area contributed by atoms with Crippen molar-refractivity contribution in [1.82, 2.24) is 4.90 Å². The highest BCUT2D eigenvalue weighted by Crippen LogP contribution is 2.34. The number of piperazine rings is 1. The molecule has 0 atom stereocenters. The minimum absolute atomic E-state index is 0.00893. The van der Waals surface area contributed by atoms with Crippen molar-refractivity contribution in [2.45, 2.75) is 0 Å². The monoisotopic (exact) mass is 370 g/mol. The maximum Gasteiger partial charge on any atom is 0.254 e. The third kappa shape index (κ3) is 3.32. The average Bonchev–Trinajstić information content (AvgIpc) is 3.20. The van der Waals surface area contributed by atoms with Crippen LogP contribution in [0.4, 0.5) is 5.69 Å². The molecule has 7 nitrogen and oxygen atoms in total. The van der Waals surface area contributed by atoms with Gasteiger partial charge in [0.25, 0.3) is 5.91 Å². The number of fused-ring (bicyclic) bond motifs is 1. The second-order valence-electron chi connectivity index (χ2n) is 6.39. The van der Waals surface area contributed by atoms with E-state index in [0.717, 1.165) is 30.3 Å². The number of rotatable bonds is 4. The normalized spacial score (nSPS) is 15.6. The molecule has 0 bridgehead atoms. The molecule has 0 unspecified atom stereocenters. The first-order valence-corrected chi connectivity index (χ1v) is 8.85. The number of ether oxygens (including phenoxy) is 4. The number of benzene rings is 2. The Morgan fingerprint density at radius 1 is 0.926 bits per heavy atom. The lowest BCUT2D eigenvalue weighted by Crippen LogP contribution is -2.48. The molecule has 4 rings (SSSR count). The Morgan fingerprint density at radius 3 is 2.44 bits per heavy atom. The van der Waals surface area contributed by atoms with E-state index in [1.807, 2.05) is 23.1 Å². The van der Waals surface area contributed by atoms with Gasteiger partial charge in [0, 0.05) is 37.8 Å². The summed E-state index contributed by atoms with van der Waals surface area (Å²) in [5.74, 6) is 2.84. The number of methoxy groups -OCH3 is 2. The molecule has 2 aliphatic rings. The van der Waals surface area contributed by atoms with E-state index in [1.54, 1.807) is 32.4 Å². The van der Waals surface area contributed by atoms with Gasteiger partial charge in [0.2, 0.25) is 6.79 Å². The van der Waals surface area contributed by atoms with Crippen molar-refractivity contribution in [3.8, 4) is 23.0 Å². The molecule has 27 heavy (non-hydrogen) atoms. The van der Waals surface area contributed by atoms with Crippen LogP contribution in [0.3, 0.4) is 0 Å². The fourth-order valence-corrected chi connectivity index (χ4v) is 3.41. The highest BCUT2D eigenvalue weighted by Gasteiger charge is 2.25. The zero-order valence-electron chi connectivity index (χ0n) is 15.4. The van der Waals surface area contributed by atoms with Crippen LogP contribution in [0.2, 0.25) is 0 Å². The summed E-state index contributed by atoms with van der Waals surface area (Å²) in [6.07, 6.45) is 0. The fraction of sp³-hybridized carbons (Fsp3) is 0.350. The molecule has 2 aromatic carbocycles. The minimum atomic E-state index is 0.00893. The second kappa shape index (κ2) is 7.26. The number of nitrogens with zero attached hydrogens (tertiary/aromatic N) is 2. The van der Waals surface area contributed by atoms with Crippen LogP contribution in [-0.2, 0) is 0 Å². The third-order valence-corrected chi connectivity index (χ3v) is 4.91. The fourth-order valence-electron chi connectivity index (χ4n) is 3.41. The first kappa shape index (κ1) is 17.3. The van der Waals surface area contributed by atoms with Crippen molar-refractivity contribution in [1.29, 1.82) is 0 Å². The summed E-state index contributed by atoms with van der Waals surface area (Å²) >= 11 is 0. The summed E-state index contributed by atoms with van der Waals surface area (Å²) in [7, 11) is 3.28. The Labute approximate surface area is 158 Å². The van der Waals surface area contributed by atoms with Crippen molar-refractivity contribution in [3.05, 3.63) is 42.0 Å². The van der Waals surface area contributed by atoms with E-state index in [0.29, 0.717) is 30.2 Å². The van der Waals surface area contributed by atoms with E-state index in [2.05, 4.69) is 4.90 Å². The molecule has 7 heteroatoms. The minimum Gasteiger partial charge on any atom is -0.497 e. The molecular formula is C20H22N2O5. The van der Waals surface area contributed by atoms with Crippen molar-refractivity contribution in [3.63, 3.8) is 0 Å². The van der Waals surface area contributed by atoms with E-state index in [9.17, 15) is 4.79 Å². The summed E-state index contributed by atoms with van der Waals surface area (Å²) in [5.41, 5.74) is 1.63. The van der Waals surface area contributed by atoms with Crippen molar-refractivity contribution >= 4 is 11.6 Å². The van der Waals surface area contributed by atoms with Crippen LogP contribution < -0.4 is 23.8 Å². The standard InChI is InChI=1S/C20H22N2O5/c1-24-15-4-5-16(18(12-15)25-2)21-7-9-22(10-8-21)20(23)14-3-6-17-19(11-14)27-13-26-17/h3-6,11-12H,7-10,13H2,1-2H3. The van der Waals surface area contributed by atoms with Crippen LogP contribution >= 0.6 is 0 Å². The Kier molecular flexibility index (Phi) is 4.66. The third-order valence-electron chi connectivity index (χ3n) is 4.91. The molecule has 0 saturated carbocycles. The summed E-state index contributed by atoms with van der Waals surface area (Å²) in [6, 6.07) is 11.1. The number of hydrogen-bond acceptors (Lipinski definition) is 6. The van der Waals surface area contributed by atoms with E-state index >= 15 is 0 Å². The molecule has 2 aliphatic heterocycles. The van der Waals surface area contributed by atoms with Crippen LogP contribution in [-0.4, -0.2) is 58.0 Å². The molecule has 2 aromatic rings. The maximum absolute atomic E-state index is 12.8. The van der Waals surface area contributed by atoms with E-state index < -0.39 is 0 Å². The average molecular weight is 370 g/mol. The van der Waals surface area contributed by atoms with Gasteiger partial charge in [-0.25, -0.2) is 0 Å². The lowest BCUT2D eigenvalue weighted by molar-refractivity contribution is 0.0746. The van der Waals surface area contributed by atoms with Crippen molar-refractivity contribution in [2.75, 3.05) is 52.1 Å².